The lowest BCUT2D eigenvalue weighted by Crippen LogP contribution is -1.90. The van der Waals surface area contributed by atoms with Gasteiger partial charge in [0.05, 0.1) is 0 Å². The number of hydrogen-bond acceptors (Lipinski definition) is 0. The molecule has 0 amide bonds. The van der Waals surface area contributed by atoms with Gasteiger partial charge in [0.25, 0.3) is 0 Å². The molecule has 28 heavy (non-hydrogen) atoms. The molecule has 0 saturated carbocycles. The van der Waals surface area contributed by atoms with Crippen molar-refractivity contribution in [3.8, 4) is 23.7 Å². The van der Waals surface area contributed by atoms with Crippen LogP contribution in [0.3, 0.4) is 0 Å². The Morgan fingerprint density at radius 1 is 0.643 bits per heavy atom. The fourth-order valence-corrected chi connectivity index (χ4v) is 2.69. The molecule has 3 rings (SSSR count). The SMILES string of the molecule is CCCc1ccc(C#Cc2ccc(C#Cc3ccc(C)c(F)c3)cc2)cc1F. The molecule has 0 aliphatic rings. The lowest BCUT2D eigenvalue weighted by molar-refractivity contribution is 0.607. The van der Waals surface area contributed by atoms with Crippen molar-refractivity contribution in [3.05, 3.63) is 106 Å². The first-order valence-corrected chi connectivity index (χ1v) is 9.24. The molecule has 2 heteroatoms. The van der Waals surface area contributed by atoms with Crippen LogP contribution in [0.15, 0.2) is 60.7 Å². The van der Waals surface area contributed by atoms with Crippen molar-refractivity contribution >= 4 is 0 Å². The van der Waals surface area contributed by atoms with Crippen LogP contribution < -0.4 is 0 Å². The molecule has 0 aliphatic carbocycles. The van der Waals surface area contributed by atoms with Crippen LogP contribution in [0.4, 0.5) is 8.78 Å². The van der Waals surface area contributed by atoms with Gasteiger partial charge in [-0.2, -0.15) is 0 Å². The van der Waals surface area contributed by atoms with Gasteiger partial charge < -0.3 is 0 Å². The van der Waals surface area contributed by atoms with Crippen LogP contribution >= 0.6 is 0 Å². The van der Waals surface area contributed by atoms with Crippen molar-refractivity contribution in [3.63, 3.8) is 0 Å². The van der Waals surface area contributed by atoms with Crippen LogP contribution in [-0.2, 0) is 6.42 Å². The molecule has 0 nitrogen and oxygen atoms in total. The first kappa shape index (κ1) is 19.4. The molecule has 3 aromatic rings. The van der Waals surface area contributed by atoms with Gasteiger partial charge in [0.15, 0.2) is 0 Å². The maximum Gasteiger partial charge on any atom is 0.127 e. The molecule has 0 radical (unpaired) electrons. The summed E-state index contributed by atoms with van der Waals surface area (Å²) in [5.74, 6) is 11.6. The van der Waals surface area contributed by atoms with E-state index in [1.807, 2.05) is 37.3 Å². The van der Waals surface area contributed by atoms with E-state index in [1.165, 1.54) is 12.1 Å². The second kappa shape index (κ2) is 9.03. The van der Waals surface area contributed by atoms with Gasteiger partial charge in [0.2, 0.25) is 0 Å². The summed E-state index contributed by atoms with van der Waals surface area (Å²) in [7, 11) is 0. The second-order valence-corrected chi connectivity index (χ2v) is 6.60. The minimum atomic E-state index is -0.253. The first-order valence-electron chi connectivity index (χ1n) is 9.24. The molecule has 0 bridgehead atoms. The Labute approximate surface area is 165 Å². The zero-order valence-corrected chi connectivity index (χ0v) is 15.9. The third kappa shape index (κ3) is 5.09. The van der Waals surface area contributed by atoms with E-state index >= 15 is 0 Å². The van der Waals surface area contributed by atoms with E-state index in [0.29, 0.717) is 16.7 Å². The van der Waals surface area contributed by atoms with Gasteiger partial charge in [-0.15, -0.1) is 0 Å². The van der Waals surface area contributed by atoms with Gasteiger partial charge in [-0.05, 0) is 73.0 Å². The average Bonchev–Trinajstić information content (AvgIpc) is 2.70. The summed E-state index contributed by atoms with van der Waals surface area (Å²) in [6, 6.07) is 17.6. The largest absolute Gasteiger partial charge is 0.207 e. The van der Waals surface area contributed by atoms with Gasteiger partial charge in [0.1, 0.15) is 11.6 Å². The molecular formula is C26H20F2. The quantitative estimate of drug-likeness (QED) is 0.484. The summed E-state index contributed by atoms with van der Waals surface area (Å²) in [4.78, 5) is 0. The fraction of sp³-hybridized carbons (Fsp3) is 0.154. The number of aryl methyl sites for hydroxylation is 2. The van der Waals surface area contributed by atoms with E-state index in [1.54, 1.807) is 25.1 Å². The lowest BCUT2D eigenvalue weighted by atomic mass is 10.1. The predicted octanol–water partition coefficient (Wildman–Crippen LogP) is 6.03. The molecule has 138 valence electrons. The third-order valence-corrected chi connectivity index (χ3v) is 4.33. The van der Waals surface area contributed by atoms with Crippen LogP contribution in [0, 0.1) is 42.2 Å². The maximum atomic E-state index is 14.0. The lowest BCUT2D eigenvalue weighted by Gasteiger charge is -2.01. The zero-order chi connectivity index (χ0) is 19.9. The molecule has 0 atom stereocenters. The molecule has 0 unspecified atom stereocenters. The van der Waals surface area contributed by atoms with Crippen molar-refractivity contribution < 1.29 is 8.78 Å². The summed E-state index contributed by atoms with van der Waals surface area (Å²) < 4.78 is 27.5. The molecule has 0 N–H and O–H groups in total. The van der Waals surface area contributed by atoms with Crippen LogP contribution in [0.25, 0.3) is 0 Å². The van der Waals surface area contributed by atoms with Crippen LogP contribution in [-0.4, -0.2) is 0 Å². The van der Waals surface area contributed by atoms with E-state index in [4.69, 9.17) is 0 Å². The van der Waals surface area contributed by atoms with Gasteiger partial charge in [0, 0.05) is 22.3 Å². The molecule has 0 saturated heterocycles. The van der Waals surface area contributed by atoms with E-state index in [0.717, 1.165) is 29.5 Å². The Hall–Kier alpha value is -3.36. The van der Waals surface area contributed by atoms with Gasteiger partial charge in [-0.3, -0.25) is 0 Å². The Kier molecular flexibility index (Phi) is 6.25. The van der Waals surface area contributed by atoms with Gasteiger partial charge >= 0.3 is 0 Å². The summed E-state index contributed by atoms with van der Waals surface area (Å²) in [5, 5.41) is 0. The van der Waals surface area contributed by atoms with Crippen molar-refractivity contribution in [1.82, 2.24) is 0 Å². The number of halogens is 2. The topological polar surface area (TPSA) is 0 Å². The monoisotopic (exact) mass is 370 g/mol. The predicted molar refractivity (Wildman–Crippen MR) is 110 cm³/mol. The fourth-order valence-electron chi connectivity index (χ4n) is 2.69. The number of benzene rings is 3. The maximum absolute atomic E-state index is 14.0. The average molecular weight is 370 g/mol. The Balaban J connectivity index is 1.72. The van der Waals surface area contributed by atoms with Crippen LogP contribution in [0.2, 0.25) is 0 Å². The molecule has 0 heterocycles. The molecule has 0 spiro atoms. The summed E-state index contributed by atoms with van der Waals surface area (Å²) >= 11 is 0. The minimum absolute atomic E-state index is 0.202. The number of rotatable bonds is 2. The Morgan fingerprint density at radius 3 is 1.61 bits per heavy atom. The van der Waals surface area contributed by atoms with Crippen LogP contribution in [0.1, 0.15) is 46.7 Å². The molecular weight excluding hydrogens is 350 g/mol. The third-order valence-electron chi connectivity index (χ3n) is 4.33. The minimum Gasteiger partial charge on any atom is -0.207 e. The smallest absolute Gasteiger partial charge is 0.127 e. The molecule has 0 aliphatic heterocycles. The van der Waals surface area contributed by atoms with Crippen molar-refractivity contribution in [1.29, 1.82) is 0 Å². The highest BCUT2D eigenvalue weighted by molar-refractivity contribution is 5.48. The van der Waals surface area contributed by atoms with E-state index < -0.39 is 0 Å². The Morgan fingerprint density at radius 2 is 1.11 bits per heavy atom. The zero-order valence-electron chi connectivity index (χ0n) is 15.9. The highest BCUT2D eigenvalue weighted by atomic mass is 19.1. The highest BCUT2D eigenvalue weighted by Gasteiger charge is 2.01. The highest BCUT2D eigenvalue weighted by Crippen LogP contribution is 2.12. The van der Waals surface area contributed by atoms with E-state index in [9.17, 15) is 8.78 Å². The summed E-state index contributed by atoms with van der Waals surface area (Å²) in [6.07, 6.45) is 1.65. The second-order valence-electron chi connectivity index (χ2n) is 6.60. The number of hydrogen-bond donors (Lipinski definition) is 0. The van der Waals surface area contributed by atoms with Gasteiger partial charge in [-0.1, -0.05) is 49.2 Å². The van der Waals surface area contributed by atoms with E-state index in [2.05, 4.69) is 23.7 Å². The summed E-state index contributed by atoms with van der Waals surface area (Å²) in [6.45, 7) is 3.75. The molecule has 0 fully saturated rings. The van der Waals surface area contributed by atoms with Crippen molar-refractivity contribution in [2.24, 2.45) is 0 Å². The normalized spacial score (nSPS) is 9.86. The van der Waals surface area contributed by atoms with Crippen molar-refractivity contribution in [2.45, 2.75) is 26.7 Å². The van der Waals surface area contributed by atoms with Crippen molar-refractivity contribution in [2.75, 3.05) is 0 Å². The van der Waals surface area contributed by atoms with E-state index in [-0.39, 0.29) is 11.6 Å². The molecule has 3 aromatic carbocycles. The van der Waals surface area contributed by atoms with Gasteiger partial charge in [-0.25, -0.2) is 8.78 Å². The molecule has 0 aromatic heterocycles. The van der Waals surface area contributed by atoms with Crippen LogP contribution in [0.5, 0.6) is 0 Å². The first-order chi connectivity index (χ1) is 13.5. The standard InChI is InChI=1S/C26H20F2/c1-3-4-24-16-15-23(18-26(24)28)14-12-21-9-7-20(8-10-21)11-13-22-6-5-19(2)25(27)17-22/h5-10,15-18H,3-4H2,1-2H3. The summed E-state index contributed by atoms with van der Waals surface area (Å²) in [5.41, 5.74) is 4.27. The Bertz CT molecular complexity index is 1100.